The second-order valence-electron chi connectivity index (χ2n) is 4.82. The number of hydrogen-bond donors (Lipinski definition) is 1. The first-order valence-electron chi connectivity index (χ1n) is 5.05. The number of rotatable bonds is 3. The lowest BCUT2D eigenvalue weighted by atomic mass is 9.88. The second-order valence-corrected chi connectivity index (χ2v) is 4.82. The molecular weight excluding hydrogens is 192 g/mol. The molecule has 0 amide bonds. The van der Waals surface area contributed by atoms with E-state index in [4.69, 9.17) is 5.11 Å². The number of aromatic nitrogens is 2. The Kier molecular flexibility index (Phi) is 3.17. The van der Waals surface area contributed by atoms with E-state index >= 15 is 0 Å². The summed E-state index contributed by atoms with van der Waals surface area (Å²) < 4.78 is 1.75. The van der Waals surface area contributed by atoms with Gasteiger partial charge in [0.15, 0.2) is 0 Å². The third-order valence-corrected chi connectivity index (χ3v) is 2.22. The normalized spacial score (nSPS) is 11.7. The molecule has 0 radical (unpaired) electrons. The highest BCUT2D eigenvalue weighted by Crippen LogP contribution is 2.24. The predicted octanol–water partition coefficient (Wildman–Crippen LogP) is 1.73. The molecule has 0 aliphatic rings. The molecule has 4 heteroatoms. The summed E-state index contributed by atoms with van der Waals surface area (Å²) >= 11 is 0. The van der Waals surface area contributed by atoms with E-state index in [9.17, 15) is 4.79 Å². The lowest BCUT2D eigenvalue weighted by Gasteiger charge is -2.17. The van der Waals surface area contributed by atoms with Crippen molar-refractivity contribution < 1.29 is 9.90 Å². The van der Waals surface area contributed by atoms with Crippen LogP contribution in [-0.2, 0) is 23.7 Å². The smallest absolute Gasteiger partial charge is 0.303 e. The number of carbonyl (C=O) groups is 1. The Morgan fingerprint density at radius 2 is 2.13 bits per heavy atom. The van der Waals surface area contributed by atoms with Crippen LogP contribution in [0.25, 0.3) is 0 Å². The summed E-state index contributed by atoms with van der Waals surface area (Å²) in [5.41, 5.74) is 1.99. The average Bonchev–Trinajstić information content (AvgIpc) is 2.42. The minimum atomic E-state index is -0.765. The standard InChI is InChI=1S/C11H18N2O2/c1-11(2,3)10-8(5-6-9(14)15)7-13(4)12-10/h7H,5-6H2,1-4H3,(H,14,15). The van der Waals surface area contributed by atoms with Gasteiger partial charge in [0, 0.05) is 25.1 Å². The molecule has 1 N–H and O–H groups in total. The van der Waals surface area contributed by atoms with E-state index in [0.717, 1.165) is 11.3 Å². The highest BCUT2D eigenvalue weighted by molar-refractivity contribution is 5.67. The van der Waals surface area contributed by atoms with Crippen LogP contribution in [0, 0.1) is 0 Å². The molecule has 84 valence electrons. The molecule has 0 saturated heterocycles. The van der Waals surface area contributed by atoms with Crippen molar-refractivity contribution in [1.29, 1.82) is 0 Å². The predicted molar refractivity (Wildman–Crippen MR) is 57.9 cm³/mol. The molecule has 0 atom stereocenters. The minimum Gasteiger partial charge on any atom is -0.481 e. The van der Waals surface area contributed by atoms with Crippen LogP contribution < -0.4 is 0 Å². The molecule has 0 fully saturated rings. The summed E-state index contributed by atoms with van der Waals surface area (Å²) in [6.45, 7) is 6.25. The van der Waals surface area contributed by atoms with Gasteiger partial charge in [0.2, 0.25) is 0 Å². The Balaban J connectivity index is 2.91. The molecule has 1 aromatic rings. The first-order chi connectivity index (χ1) is 6.80. The molecule has 0 bridgehead atoms. The van der Waals surface area contributed by atoms with Crippen molar-refractivity contribution in [1.82, 2.24) is 9.78 Å². The van der Waals surface area contributed by atoms with Crippen LogP contribution in [0.4, 0.5) is 0 Å². The monoisotopic (exact) mass is 210 g/mol. The number of hydrogen-bond acceptors (Lipinski definition) is 2. The van der Waals surface area contributed by atoms with Crippen LogP contribution in [0.1, 0.15) is 38.4 Å². The Hall–Kier alpha value is -1.32. The van der Waals surface area contributed by atoms with Gasteiger partial charge in [-0.3, -0.25) is 9.48 Å². The Bertz CT molecular complexity index is 361. The first-order valence-corrected chi connectivity index (χ1v) is 5.05. The average molecular weight is 210 g/mol. The fraction of sp³-hybridized carbons (Fsp3) is 0.636. The van der Waals surface area contributed by atoms with E-state index in [0.29, 0.717) is 6.42 Å². The van der Waals surface area contributed by atoms with Gasteiger partial charge >= 0.3 is 5.97 Å². The quantitative estimate of drug-likeness (QED) is 0.826. The molecule has 0 aliphatic heterocycles. The minimum absolute atomic E-state index is 0.0326. The van der Waals surface area contributed by atoms with Gasteiger partial charge in [0.05, 0.1) is 5.69 Å². The summed E-state index contributed by atoms with van der Waals surface area (Å²) in [5.74, 6) is -0.765. The lowest BCUT2D eigenvalue weighted by molar-refractivity contribution is -0.136. The number of nitrogens with zero attached hydrogens (tertiary/aromatic N) is 2. The van der Waals surface area contributed by atoms with Crippen LogP contribution >= 0.6 is 0 Å². The van der Waals surface area contributed by atoms with Gasteiger partial charge in [0.25, 0.3) is 0 Å². The molecular formula is C11H18N2O2. The van der Waals surface area contributed by atoms with Gasteiger partial charge in [-0.25, -0.2) is 0 Å². The summed E-state index contributed by atoms with van der Waals surface area (Å²) in [6, 6.07) is 0. The van der Waals surface area contributed by atoms with Crippen LogP contribution in [-0.4, -0.2) is 20.9 Å². The summed E-state index contributed by atoms with van der Waals surface area (Å²) in [5, 5.41) is 13.0. The molecule has 0 aliphatic carbocycles. The fourth-order valence-electron chi connectivity index (χ4n) is 1.59. The van der Waals surface area contributed by atoms with Crippen molar-refractivity contribution in [2.24, 2.45) is 7.05 Å². The molecule has 0 saturated carbocycles. The van der Waals surface area contributed by atoms with Crippen molar-refractivity contribution in [3.63, 3.8) is 0 Å². The van der Waals surface area contributed by atoms with Crippen molar-refractivity contribution >= 4 is 5.97 Å². The van der Waals surface area contributed by atoms with E-state index in [-0.39, 0.29) is 11.8 Å². The summed E-state index contributed by atoms with van der Waals surface area (Å²) in [4.78, 5) is 10.5. The van der Waals surface area contributed by atoms with Crippen molar-refractivity contribution in [2.45, 2.75) is 39.0 Å². The maximum absolute atomic E-state index is 10.5. The molecule has 15 heavy (non-hydrogen) atoms. The van der Waals surface area contributed by atoms with E-state index in [1.165, 1.54) is 0 Å². The van der Waals surface area contributed by atoms with Gasteiger partial charge < -0.3 is 5.11 Å². The maximum Gasteiger partial charge on any atom is 0.303 e. The Morgan fingerprint density at radius 3 is 2.60 bits per heavy atom. The van der Waals surface area contributed by atoms with Crippen molar-refractivity contribution in [2.75, 3.05) is 0 Å². The number of carboxylic acid groups (broad SMARTS) is 1. The topological polar surface area (TPSA) is 55.1 Å². The van der Waals surface area contributed by atoms with E-state index < -0.39 is 5.97 Å². The largest absolute Gasteiger partial charge is 0.481 e. The third kappa shape index (κ3) is 3.08. The maximum atomic E-state index is 10.5. The van der Waals surface area contributed by atoms with E-state index in [1.807, 2.05) is 13.2 Å². The zero-order chi connectivity index (χ0) is 11.6. The van der Waals surface area contributed by atoms with Crippen LogP contribution in [0.3, 0.4) is 0 Å². The molecule has 0 spiro atoms. The van der Waals surface area contributed by atoms with Gasteiger partial charge in [0.1, 0.15) is 0 Å². The third-order valence-electron chi connectivity index (χ3n) is 2.22. The first kappa shape index (κ1) is 11.8. The molecule has 0 unspecified atom stereocenters. The molecule has 1 aromatic heterocycles. The van der Waals surface area contributed by atoms with Crippen molar-refractivity contribution in [3.05, 3.63) is 17.5 Å². The Labute approximate surface area is 89.9 Å². The molecule has 0 aromatic carbocycles. The summed E-state index contributed by atoms with van der Waals surface area (Å²) in [6.07, 6.45) is 2.62. The van der Waals surface area contributed by atoms with E-state index in [2.05, 4.69) is 25.9 Å². The van der Waals surface area contributed by atoms with Gasteiger partial charge in [-0.2, -0.15) is 5.10 Å². The van der Waals surface area contributed by atoms with Crippen molar-refractivity contribution in [3.8, 4) is 0 Å². The second kappa shape index (κ2) is 4.04. The van der Waals surface area contributed by atoms with Gasteiger partial charge in [-0.15, -0.1) is 0 Å². The van der Waals surface area contributed by atoms with E-state index in [1.54, 1.807) is 4.68 Å². The van der Waals surface area contributed by atoms with Gasteiger partial charge in [-0.05, 0) is 12.0 Å². The Morgan fingerprint density at radius 1 is 1.53 bits per heavy atom. The highest BCUT2D eigenvalue weighted by Gasteiger charge is 2.21. The fourth-order valence-corrected chi connectivity index (χ4v) is 1.59. The van der Waals surface area contributed by atoms with Crippen LogP contribution in [0.15, 0.2) is 6.20 Å². The van der Waals surface area contributed by atoms with Crippen LogP contribution in [0.5, 0.6) is 0 Å². The number of aliphatic carboxylic acids is 1. The lowest BCUT2D eigenvalue weighted by Crippen LogP contribution is -2.15. The zero-order valence-electron chi connectivity index (χ0n) is 9.74. The summed E-state index contributed by atoms with van der Waals surface area (Å²) in [7, 11) is 1.86. The number of carboxylic acids is 1. The SMILES string of the molecule is Cn1cc(CCC(=O)O)c(C(C)(C)C)n1. The van der Waals surface area contributed by atoms with Crippen LogP contribution in [0.2, 0.25) is 0 Å². The molecule has 4 nitrogen and oxygen atoms in total. The van der Waals surface area contributed by atoms with Gasteiger partial charge in [-0.1, -0.05) is 20.8 Å². The molecule has 1 rings (SSSR count). The highest BCUT2D eigenvalue weighted by atomic mass is 16.4. The number of aryl methyl sites for hydroxylation is 2. The molecule has 1 heterocycles. The zero-order valence-corrected chi connectivity index (χ0v) is 9.74.